The lowest BCUT2D eigenvalue weighted by Crippen LogP contribution is -1.96. The Hall–Kier alpha value is -0.410. The highest BCUT2D eigenvalue weighted by atomic mass is 32.1. The van der Waals surface area contributed by atoms with Crippen molar-refractivity contribution < 1.29 is 5.11 Å². The number of aliphatic hydroxyl groups excluding tert-OH is 1. The van der Waals surface area contributed by atoms with Gasteiger partial charge in [0.1, 0.15) is 11.1 Å². The minimum absolute atomic E-state index is 0.344. The second-order valence-corrected chi connectivity index (χ2v) is 3.87. The minimum atomic E-state index is -0.344. The van der Waals surface area contributed by atoms with E-state index in [-0.39, 0.29) is 6.10 Å². The van der Waals surface area contributed by atoms with Gasteiger partial charge in [-0.2, -0.15) is 0 Å². The number of aryl methyl sites for hydroxylation is 1. The Kier molecular flexibility index (Phi) is 3.69. The standard InChI is InChI=1S/C9H15NOS/c1-3-4-5-8(11)9-10-7(2)6-12-9/h6,8,11H,3-5H2,1-2H3. The van der Waals surface area contributed by atoms with Crippen molar-refractivity contribution in [1.29, 1.82) is 0 Å². The highest BCUT2D eigenvalue weighted by Crippen LogP contribution is 2.22. The highest BCUT2D eigenvalue weighted by Gasteiger charge is 2.09. The van der Waals surface area contributed by atoms with Crippen LogP contribution >= 0.6 is 11.3 Å². The maximum absolute atomic E-state index is 9.61. The summed E-state index contributed by atoms with van der Waals surface area (Å²) in [6.07, 6.45) is 2.69. The summed E-state index contributed by atoms with van der Waals surface area (Å²) in [5.74, 6) is 0. The Bertz CT molecular complexity index is 234. The zero-order valence-electron chi connectivity index (χ0n) is 7.58. The molecular formula is C9H15NOS. The zero-order valence-corrected chi connectivity index (χ0v) is 8.40. The summed E-state index contributed by atoms with van der Waals surface area (Å²) in [6, 6.07) is 0. The summed E-state index contributed by atoms with van der Waals surface area (Å²) in [6.45, 7) is 4.08. The van der Waals surface area contributed by atoms with E-state index in [4.69, 9.17) is 0 Å². The van der Waals surface area contributed by atoms with Crippen LogP contribution in [0.1, 0.15) is 43.0 Å². The van der Waals surface area contributed by atoms with Crippen LogP contribution in [0.25, 0.3) is 0 Å². The predicted octanol–water partition coefficient (Wildman–Crippen LogP) is 2.68. The lowest BCUT2D eigenvalue weighted by Gasteiger charge is -2.04. The third kappa shape index (κ3) is 2.57. The number of nitrogens with zero attached hydrogens (tertiary/aromatic N) is 1. The van der Waals surface area contributed by atoms with Crippen LogP contribution in [-0.4, -0.2) is 10.1 Å². The Morgan fingerprint density at radius 1 is 1.67 bits per heavy atom. The first-order chi connectivity index (χ1) is 5.74. The fourth-order valence-corrected chi connectivity index (χ4v) is 1.86. The van der Waals surface area contributed by atoms with Crippen LogP contribution in [0, 0.1) is 6.92 Å². The number of hydrogen-bond acceptors (Lipinski definition) is 3. The van der Waals surface area contributed by atoms with Gasteiger partial charge in [-0.25, -0.2) is 4.98 Å². The lowest BCUT2D eigenvalue weighted by molar-refractivity contribution is 0.163. The van der Waals surface area contributed by atoms with Crippen molar-refractivity contribution in [3.63, 3.8) is 0 Å². The fourth-order valence-electron chi connectivity index (χ4n) is 1.05. The normalized spacial score (nSPS) is 13.2. The van der Waals surface area contributed by atoms with Gasteiger partial charge < -0.3 is 5.11 Å². The topological polar surface area (TPSA) is 33.1 Å². The monoisotopic (exact) mass is 185 g/mol. The molecule has 0 spiro atoms. The van der Waals surface area contributed by atoms with Gasteiger partial charge in [-0.05, 0) is 13.3 Å². The van der Waals surface area contributed by atoms with Gasteiger partial charge in [-0.15, -0.1) is 11.3 Å². The smallest absolute Gasteiger partial charge is 0.121 e. The minimum Gasteiger partial charge on any atom is -0.386 e. The van der Waals surface area contributed by atoms with Crippen molar-refractivity contribution in [2.75, 3.05) is 0 Å². The Labute approximate surface area is 77.3 Å². The van der Waals surface area contributed by atoms with E-state index in [1.807, 2.05) is 12.3 Å². The van der Waals surface area contributed by atoms with Crippen LogP contribution in [0.5, 0.6) is 0 Å². The van der Waals surface area contributed by atoms with Crippen LogP contribution in [0.3, 0.4) is 0 Å². The van der Waals surface area contributed by atoms with E-state index in [1.54, 1.807) is 11.3 Å². The molecule has 1 aromatic heterocycles. The van der Waals surface area contributed by atoms with Gasteiger partial charge in [0.25, 0.3) is 0 Å². The highest BCUT2D eigenvalue weighted by molar-refractivity contribution is 7.09. The summed E-state index contributed by atoms with van der Waals surface area (Å²) < 4.78 is 0. The molecular weight excluding hydrogens is 170 g/mol. The average molecular weight is 185 g/mol. The molecule has 1 aromatic rings. The van der Waals surface area contributed by atoms with Crippen LogP contribution in [0.4, 0.5) is 0 Å². The van der Waals surface area contributed by atoms with Crippen LogP contribution < -0.4 is 0 Å². The largest absolute Gasteiger partial charge is 0.386 e. The molecule has 0 aliphatic heterocycles. The first-order valence-corrected chi connectivity index (χ1v) is 5.22. The molecule has 1 unspecified atom stereocenters. The molecule has 0 amide bonds. The van der Waals surface area contributed by atoms with Crippen molar-refractivity contribution in [2.24, 2.45) is 0 Å². The quantitative estimate of drug-likeness (QED) is 0.782. The van der Waals surface area contributed by atoms with Crippen molar-refractivity contribution in [2.45, 2.75) is 39.2 Å². The molecule has 3 heteroatoms. The number of thiazole rings is 1. The Morgan fingerprint density at radius 3 is 2.92 bits per heavy atom. The third-order valence-corrected chi connectivity index (χ3v) is 2.82. The van der Waals surface area contributed by atoms with Gasteiger partial charge in [0.15, 0.2) is 0 Å². The molecule has 0 aromatic carbocycles. The summed E-state index contributed by atoms with van der Waals surface area (Å²) in [5.41, 5.74) is 1.01. The van der Waals surface area contributed by atoms with Gasteiger partial charge in [0, 0.05) is 11.1 Å². The molecule has 2 nitrogen and oxygen atoms in total. The second-order valence-electron chi connectivity index (χ2n) is 2.99. The zero-order chi connectivity index (χ0) is 8.97. The fraction of sp³-hybridized carbons (Fsp3) is 0.667. The SMILES string of the molecule is CCCCC(O)c1nc(C)cs1. The van der Waals surface area contributed by atoms with E-state index in [9.17, 15) is 5.11 Å². The molecule has 1 N–H and O–H groups in total. The number of aromatic nitrogens is 1. The average Bonchev–Trinajstić information content (AvgIpc) is 2.47. The van der Waals surface area contributed by atoms with Gasteiger partial charge in [-0.3, -0.25) is 0 Å². The molecule has 1 atom stereocenters. The molecule has 0 bridgehead atoms. The summed E-state index contributed by atoms with van der Waals surface area (Å²) in [7, 11) is 0. The van der Waals surface area contributed by atoms with E-state index >= 15 is 0 Å². The molecule has 0 aliphatic carbocycles. The maximum atomic E-state index is 9.61. The molecule has 12 heavy (non-hydrogen) atoms. The van der Waals surface area contributed by atoms with E-state index in [0.29, 0.717) is 0 Å². The number of hydrogen-bond donors (Lipinski definition) is 1. The Morgan fingerprint density at radius 2 is 2.42 bits per heavy atom. The first-order valence-electron chi connectivity index (χ1n) is 4.34. The van der Waals surface area contributed by atoms with Crippen LogP contribution in [0.15, 0.2) is 5.38 Å². The molecule has 0 aliphatic rings. The second kappa shape index (κ2) is 4.58. The Balaban J connectivity index is 2.47. The van der Waals surface area contributed by atoms with Crippen molar-refractivity contribution in [3.8, 4) is 0 Å². The van der Waals surface area contributed by atoms with E-state index in [0.717, 1.165) is 30.0 Å². The van der Waals surface area contributed by atoms with Gasteiger partial charge in [0.2, 0.25) is 0 Å². The van der Waals surface area contributed by atoms with E-state index in [2.05, 4.69) is 11.9 Å². The molecule has 1 heterocycles. The number of aliphatic hydroxyl groups is 1. The molecule has 0 fully saturated rings. The van der Waals surface area contributed by atoms with Crippen molar-refractivity contribution in [3.05, 3.63) is 16.1 Å². The molecule has 68 valence electrons. The summed E-state index contributed by atoms with van der Waals surface area (Å²) in [5, 5.41) is 12.5. The van der Waals surface area contributed by atoms with Gasteiger partial charge in [0.05, 0.1) is 0 Å². The van der Waals surface area contributed by atoms with Gasteiger partial charge >= 0.3 is 0 Å². The number of rotatable bonds is 4. The van der Waals surface area contributed by atoms with Gasteiger partial charge in [-0.1, -0.05) is 19.8 Å². The van der Waals surface area contributed by atoms with Crippen LogP contribution in [0.2, 0.25) is 0 Å². The summed E-state index contributed by atoms with van der Waals surface area (Å²) in [4.78, 5) is 4.23. The van der Waals surface area contributed by atoms with Crippen molar-refractivity contribution in [1.82, 2.24) is 4.98 Å². The predicted molar refractivity (Wildman–Crippen MR) is 51.3 cm³/mol. The number of unbranched alkanes of at least 4 members (excludes halogenated alkanes) is 1. The molecule has 0 saturated heterocycles. The van der Waals surface area contributed by atoms with E-state index < -0.39 is 0 Å². The maximum Gasteiger partial charge on any atom is 0.121 e. The van der Waals surface area contributed by atoms with E-state index in [1.165, 1.54) is 0 Å². The third-order valence-electron chi connectivity index (χ3n) is 1.75. The van der Waals surface area contributed by atoms with Crippen molar-refractivity contribution >= 4 is 11.3 Å². The molecule has 1 rings (SSSR count). The molecule has 0 radical (unpaired) electrons. The lowest BCUT2D eigenvalue weighted by atomic mass is 10.2. The van der Waals surface area contributed by atoms with Crippen LogP contribution in [-0.2, 0) is 0 Å². The summed E-state index contributed by atoms with van der Waals surface area (Å²) >= 11 is 1.55. The molecule has 0 saturated carbocycles. The first kappa shape index (κ1) is 9.68.